The highest BCUT2D eigenvalue weighted by Gasteiger charge is 2.01. The van der Waals surface area contributed by atoms with Gasteiger partial charge >= 0.3 is 5.97 Å². The molecule has 0 saturated heterocycles. The standard InChI is InChI=1S/C6H11NO3S/c1-4(2)10-6(11)7-3-5(8)9/h4H,3H2,1-2H3,(H,7,11)(H,8,9). The molecule has 0 aromatic heterocycles. The van der Waals surface area contributed by atoms with Crippen molar-refractivity contribution in [1.29, 1.82) is 0 Å². The average Bonchev–Trinajstić information content (AvgIpc) is 1.82. The summed E-state index contributed by atoms with van der Waals surface area (Å²) in [5.74, 6) is -0.959. The second-order valence-corrected chi connectivity index (χ2v) is 2.57. The van der Waals surface area contributed by atoms with Crippen molar-refractivity contribution in [2.24, 2.45) is 0 Å². The predicted octanol–water partition coefficient (Wildman–Crippen LogP) is 0.371. The number of ether oxygens (including phenoxy) is 1. The second-order valence-electron chi connectivity index (χ2n) is 2.20. The normalized spacial score (nSPS) is 9.36. The topological polar surface area (TPSA) is 58.6 Å². The summed E-state index contributed by atoms with van der Waals surface area (Å²) in [6.07, 6.45) is -0.0243. The maximum Gasteiger partial charge on any atom is 0.323 e. The Labute approximate surface area is 70.5 Å². The van der Waals surface area contributed by atoms with E-state index in [-0.39, 0.29) is 17.8 Å². The minimum absolute atomic E-state index is 0.0243. The average molecular weight is 177 g/mol. The van der Waals surface area contributed by atoms with E-state index in [1.165, 1.54) is 0 Å². The summed E-state index contributed by atoms with van der Waals surface area (Å²) in [5.41, 5.74) is 0. The van der Waals surface area contributed by atoms with Gasteiger partial charge in [-0.25, -0.2) is 0 Å². The Morgan fingerprint density at radius 1 is 1.73 bits per heavy atom. The maximum absolute atomic E-state index is 10.0. The third kappa shape index (κ3) is 7.05. The van der Waals surface area contributed by atoms with Gasteiger partial charge in [-0.05, 0) is 26.1 Å². The number of carboxylic acid groups (broad SMARTS) is 1. The van der Waals surface area contributed by atoms with Crippen LogP contribution in [0.3, 0.4) is 0 Å². The number of rotatable bonds is 3. The third-order valence-electron chi connectivity index (χ3n) is 0.727. The van der Waals surface area contributed by atoms with Gasteiger partial charge in [0.1, 0.15) is 6.54 Å². The number of nitrogens with one attached hydrogen (secondary N) is 1. The Kier molecular flexibility index (Phi) is 4.52. The molecule has 0 aromatic carbocycles. The number of aliphatic carboxylic acids is 1. The monoisotopic (exact) mass is 177 g/mol. The van der Waals surface area contributed by atoms with Crippen LogP contribution >= 0.6 is 12.2 Å². The lowest BCUT2D eigenvalue weighted by Gasteiger charge is -2.10. The largest absolute Gasteiger partial charge is 0.480 e. The van der Waals surface area contributed by atoms with E-state index in [0.717, 1.165) is 0 Å². The van der Waals surface area contributed by atoms with Crippen LogP contribution in [0.5, 0.6) is 0 Å². The van der Waals surface area contributed by atoms with Crippen LogP contribution in [0.4, 0.5) is 0 Å². The Balaban J connectivity index is 3.45. The molecule has 0 radical (unpaired) electrons. The molecule has 0 aliphatic rings. The number of hydrogen-bond donors (Lipinski definition) is 2. The van der Waals surface area contributed by atoms with Gasteiger partial charge in [-0.2, -0.15) is 0 Å². The molecule has 11 heavy (non-hydrogen) atoms. The molecule has 5 heteroatoms. The molecule has 0 fully saturated rings. The first kappa shape index (κ1) is 10.2. The molecule has 0 atom stereocenters. The van der Waals surface area contributed by atoms with Gasteiger partial charge in [-0.1, -0.05) is 0 Å². The van der Waals surface area contributed by atoms with E-state index in [1.54, 1.807) is 0 Å². The van der Waals surface area contributed by atoms with E-state index >= 15 is 0 Å². The van der Waals surface area contributed by atoms with Gasteiger partial charge in [-0.15, -0.1) is 0 Å². The lowest BCUT2D eigenvalue weighted by atomic mass is 10.5. The van der Waals surface area contributed by atoms with Crippen LogP contribution in [0.25, 0.3) is 0 Å². The fraction of sp³-hybridized carbons (Fsp3) is 0.667. The molecule has 64 valence electrons. The minimum atomic E-state index is -0.959. The Morgan fingerprint density at radius 3 is 2.64 bits per heavy atom. The van der Waals surface area contributed by atoms with E-state index in [4.69, 9.17) is 9.84 Å². The molecular weight excluding hydrogens is 166 g/mol. The molecule has 0 aromatic rings. The number of hydrogen-bond acceptors (Lipinski definition) is 3. The Morgan fingerprint density at radius 2 is 2.27 bits per heavy atom. The van der Waals surface area contributed by atoms with E-state index in [1.807, 2.05) is 13.8 Å². The summed E-state index contributed by atoms with van der Waals surface area (Å²) in [7, 11) is 0. The van der Waals surface area contributed by atoms with E-state index in [0.29, 0.717) is 0 Å². The zero-order chi connectivity index (χ0) is 8.85. The molecule has 0 saturated carbocycles. The molecule has 2 N–H and O–H groups in total. The SMILES string of the molecule is CC(C)OC(=S)NCC(=O)O. The molecule has 0 unspecified atom stereocenters. The van der Waals surface area contributed by atoms with Gasteiger partial charge in [-0.3, -0.25) is 4.79 Å². The van der Waals surface area contributed by atoms with Gasteiger partial charge in [0.05, 0.1) is 6.10 Å². The molecule has 0 spiro atoms. The van der Waals surface area contributed by atoms with Crippen molar-refractivity contribution in [1.82, 2.24) is 5.32 Å². The van der Waals surface area contributed by atoms with E-state index in [2.05, 4.69) is 17.5 Å². The van der Waals surface area contributed by atoms with Crippen LogP contribution in [0.2, 0.25) is 0 Å². The van der Waals surface area contributed by atoms with E-state index < -0.39 is 5.97 Å². The highest BCUT2D eigenvalue weighted by molar-refractivity contribution is 7.80. The summed E-state index contributed by atoms with van der Waals surface area (Å²) in [4.78, 5) is 10.0. The van der Waals surface area contributed by atoms with Crippen LogP contribution in [-0.2, 0) is 9.53 Å². The third-order valence-corrected chi connectivity index (χ3v) is 0.967. The molecular formula is C6H11NO3S. The van der Waals surface area contributed by atoms with Crippen molar-refractivity contribution >= 4 is 23.4 Å². The minimum Gasteiger partial charge on any atom is -0.480 e. The Bertz CT molecular complexity index is 158. The first-order chi connectivity index (χ1) is 5.02. The summed E-state index contributed by atoms with van der Waals surface area (Å²) >= 11 is 4.65. The first-order valence-electron chi connectivity index (χ1n) is 3.18. The molecule has 0 bridgehead atoms. The van der Waals surface area contributed by atoms with Crippen LogP contribution in [0, 0.1) is 0 Å². The van der Waals surface area contributed by atoms with Crippen LogP contribution in [0.1, 0.15) is 13.8 Å². The van der Waals surface area contributed by atoms with Gasteiger partial charge in [0.2, 0.25) is 0 Å². The molecule has 0 aliphatic carbocycles. The summed E-state index contributed by atoms with van der Waals surface area (Å²) in [5, 5.41) is 10.8. The van der Waals surface area contributed by atoms with Crippen molar-refractivity contribution in [3.63, 3.8) is 0 Å². The van der Waals surface area contributed by atoms with Gasteiger partial charge in [0.25, 0.3) is 5.17 Å². The number of carbonyl (C=O) groups is 1. The highest BCUT2D eigenvalue weighted by atomic mass is 32.1. The van der Waals surface area contributed by atoms with Crippen LogP contribution < -0.4 is 5.32 Å². The first-order valence-corrected chi connectivity index (χ1v) is 3.59. The van der Waals surface area contributed by atoms with Crippen LogP contribution in [-0.4, -0.2) is 28.9 Å². The molecule has 4 nitrogen and oxygen atoms in total. The fourth-order valence-electron chi connectivity index (χ4n) is 0.404. The summed E-state index contributed by atoms with van der Waals surface area (Å²) in [6, 6.07) is 0. The lowest BCUT2D eigenvalue weighted by molar-refractivity contribution is -0.135. The second kappa shape index (κ2) is 4.90. The Hall–Kier alpha value is -0.840. The van der Waals surface area contributed by atoms with Gasteiger partial charge < -0.3 is 15.2 Å². The molecule has 0 heterocycles. The molecule has 0 aliphatic heterocycles. The van der Waals surface area contributed by atoms with Gasteiger partial charge in [0, 0.05) is 0 Å². The lowest BCUT2D eigenvalue weighted by Crippen LogP contribution is -2.31. The highest BCUT2D eigenvalue weighted by Crippen LogP contribution is 1.87. The van der Waals surface area contributed by atoms with Crippen LogP contribution in [0.15, 0.2) is 0 Å². The van der Waals surface area contributed by atoms with Crippen molar-refractivity contribution in [2.45, 2.75) is 20.0 Å². The van der Waals surface area contributed by atoms with Gasteiger partial charge in [0.15, 0.2) is 0 Å². The number of carboxylic acids is 1. The van der Waals surface area contributed by atoms with E-state index in [9.17, 15) is 4.79 Å². The fourth-order valence-corrected chi connectivity index (χ4v) is 0.668. The number of thiocarbonyl (C=S) groups is 1. The quantitative estimate of drug-likeness (QED) is 0.610. The molecule has 0 rings (SSSR count). The van der Waals surface area contributed by atoms with Crippen molar-refractivity contribution < 1.29 is 14.6 Å². The molecule has 0 amide bonds. The van der Waals surface area contributed by atoms with Crippen molar-refractivity contribution in [3.05, 3.63) is 0 Å². The maximum atomic E-state index is 10.0. The summed E-state index contributed by atoms with van der Waals surface area (Å²) < 4.78 is 4.96. The van der Waals surface area contributed by atoms with Crippen molar-refractivity contribution in [2.75, 3.05) is 6.54 Å². The summed E-state index contributed by atoms with van der Waals surface area (Å²) in [6.45, 7) is 3.43. The predicted molar refractivity (Wildman–Crippen MR) is 44.5 cm³/mol. The zero-order valence-electron chi connectivity index (χ0n) is 6.46. The van der Waals surface area contributed by atoms with Crippen molar-refractivity contribution in [3.8, 4) is 0 Å². The zero-order valence-corrected chi connectivity index (χ0v) is 7.27. The smallest absolute Gasteiger partial charge is 0.323 e.